The van der Waals surface area contributed by atoms with Crippen molar-refractivity contribution in [3.63, 3.8) is 0 Å². The Labute approximate surface area is 194 Å². The minimum atomic E-state index is -0.746. The predicted octanol–water partition coefficient (Wildman–Crippen LogP) is 3.60. The highest BCUT2D eigenvalue weighted by Crippen LogP contribution is 2.61. The van der Waals surface area contributed by atoms with E-state index in [0.29, 0.717) is 5.56 Å². The summed E-state index contributed by atoms with van der Waals surface area (Å²) in [5.74, 6) is -1.74. The van der Waals surface area contributed by atoms with E-state index < -0.39 is 19.1 Å². The molecule has 6 nitrogen and oxygen atoms in total. The fraction of sp³-hybridized carbons (Fsp3) is 0.360. The molecule has 2 aromatic rings. The zero-order valence-electron chi connectivity index (χ0n) is 17.3. The summed E-state index contributed by atoms with van der Waals surface area (Å²) in [6, 6.07) is 16.9. The van der Waals surface area contributed by atoms with Gasteiger partial charge in [-0.3, -0.25) is 24.1 Å². The standard InChI is InChI=1S/C25H22BrNO5/c26-17-8-6-15(7-9-17)20(28)13-32-21(29)12-27-24(30)22-16-10-18(14-4-2-1-3-5-14)19(11-16)23(22)25(27)31/h1-9,16,18-19,22-23H,10-13H2/t16-,18-,19+,22+,23+/m0/s1. The number of carbonyl (C=O) groups excluding carboxylic acids is 4. The Morgan fingerprint density at radius 1 is 0.938 bits per heavy atom. The van der Waals surface area contributed by atoms with Gasteiger partial charge >= 0.3 is 5.97 Å². The van der Waals surface area contributed by atoms with Crippen LogP contribution in [0.1, 0.15) is 34.7 Å². The second-order valence-electron chi connectivity index (χ2n) is 8.82. The molecule has 2 aromatic carbocycles. The summed E-state index contributed by atoms with van der Waals surface area (Å²) in [6.45, 7) is -0.862. The van der Waals surface area contributed by atoms with Gasteiger partial charge in [-0.1, -0.05) is 58.4 Å². The Morgan fingerprint density at radius 2 is 1.62 bits per heavy atom. The minimum Gasteiger partial charge on any atom is -0.456 e. The molecule has 1 saturated heterocycles. The molecule has 3 fully saturated rings. The first-order valence-electron chi connectivity index (χ1n) is 10.8. The minimum absolute atomic E-state index is 0.129. The second-order valence-corrected chi connectivity index (χ2v) is 9.73. The summed E-state index contributed by atoms with van der Waals surface area (Å²) < 4.78 is 5.92. The summed E-state index contributed by atoms with van der Waals surface area (Å²) >= 11 is 3.30. The number of likely N-dealkylation sites (tertiary alicyclic amines) is 1. The number of ketones is 1. The van der Waals surface area contributed by atoms with E-state index in [2.05, 4.69) is 28.1 Å². The van der Waals surface area contributed by atoms with Gasteiger partial charge in [-0.05, 0) is 48.3 Å². The summed E-state index contributed by atoms with van der Waals surface area (Å²) in [4.78, 5) is 51.7. The number of benzene rings is 2. The van der Waals surface area contributed by atoms with Crippen molar-refractivity contribution in [2.75, 3.05) is 13.2 Å². The Balaban J connectivity index is 1.22. The van der Waals surface area contributed by atoms with Crippen LogP contribution in [0.15, 0.2) is 59.1 Å². The van der Waals surface area contributed by atoms with Gasteiger partial charge in [-0.25, -0.2) is 0 Å². The number of carbonyl (C=O) groups is 4. The van der Waals surface area contributed by atoms with E-state index in [1.54, 1.807) is 24.3 Å². The predicted molar refractivity (Wildman–Crippen MR) is 119 cm³/mol. The molecule has 32 heavy (non-hydrogen) atoms. The van der Waals surface area contributed by atoms with Crippen LogP contribution in [0.4, 0.5) is 0 Å². The molecule has 164 valence electrons. The number of amides is 2. The van der Waals surface area contributed by atoms with E-state index in [4.69, 9.17) is 4.74 Å². The normalized spacial score (nSPS) is 28.2. The number of ether oxygens (including phenoxy) is 1. The number of hydrogen-bond donors (Lipinski definition) is 0. The van der Waals surface area contributed by atoms with Crippen LogP contribution in [0, 0.1) is 23.7 Å². The highest BCUT2D eigenvalue weighted by Gasteiger charge is 2.64. The number of Topliss-reactive ketones (excluding diaryl/α,β-unsaturated/α-hetero) is 1. The van der Waals surface area contributed by atoms with E-state index in [9.17, 15) is 19.2 Å². The number of nitrogens with zero attached hydrogens (tertiary/aromatic N) is 1. The van der Waals surface area contributed by atoms with Gasteiger partial charge in [0.05, 0.1) is 11.8 Å². The third kappa shape index (κ3) is 3.58. The lowest BCUT2D eigenvalue weighted by Crippen LogP contribution is -2.38. The average molecular weight is 496 g/mol. The molecule has 2 saturated carbocycles. The second kappa shape index (κ2) is 8.28. The number of imide groups is 1. The number of rotatable bonds is 6. The molecule has 2 bridgehead atoms. The van der Waals surface area contributed by atoms with Crippen LogP contribution in [0.25, 0.3) is 0 Å². The third-order valence-electron chi connectivity index (χ3n) is 7.15. The van der Waals surface area contributed by atoms with Crippen LogP contribution in [0.2, 0.25) is 0 Å². The monoisotopic (exact) mass is 495 g/mol. The van der Waals surface area contributed by atoms with Crippen LogP contribution >= 0.6 is 15.9 Å². The first kappa shape index (κ1) is 21.1. The number of esters is 1. The smallest absolute Gasteiger partial charge is 0.326 e. The highest BCUT2D eigenvalue weighted by atomic mass is 79.9. The fourth-order valence-electron chi connectivity index (χ4n) is 5.80. The van der Waals surface area contributed by atoms with Crippen LogP contribution in [-0.4, -0.2) is 41.6 Å². The van der Waals surface area contributed by atoms with Crippen molar-refractivity contribution in [1.82, 2.24) is 4.90 Å². The van der Waals surface area contributed by atoms with Gasteiger partial charge in [0.25, 0.3) is 0 Å². The molecule has 0 spiro atoms. The van der Waals surface area contributed by atoms with Crippen molar-refractivity contribution in [3.05, 3.63) is 70.2 Å². The Kier molecular flexibility index (Phi) is 5.45. The van der Waals surface area contributed by atoms with Crippen molar-refractivity contribution in [1.29, 1.82) is 0 Å². The molecule has 1 heterocycles. The molecule has 0 unspecified atom stereocenters. The highest BCUT2D eigenvalue weighted by molar-refractivity contribution is 9.10. The molecule has 0 aromatic heterocycles. The maximum Gasteiger partial charge on any atom is 0.326 e. The van der Waals surface area contributed by atoms with Gasteiger partial charge in [-0.15, -0.1) is 0 Å². The largest absolute Gasteiger partial charge is 0.456 e. The lowest BCUT2D eigenvalue weighted by molar-refractivity contribution is -0.152. The van der Waals surface area contributed by atoms with Crippen molar-refractivity contribution in [2.24, 2.45) is 23.7 Å². The molecular weight excluding hydrogens is 474 g/mol. The molecule has 7 heteroatoms. The Bertz CT molecular complexity index is 1080. The van der Waals surface area contributed by atoms with Crippen LogP contribution in [0.5, 0.6) is 0 Å². The first-order valence-corrected chi connectivity index (χ1v) is 11.6. The van der Waals surface area contributed by atoms with Crippen LogP contribution in [-0.2, 0) is 19.1 Å². The summed E-state index contributed by atoms with van der Waals surface area (Å²) in [6.07, 6.45) is 1.78. The van der Waals surface area contributed by atoms with Gasteiger partial charge in [-0.2, -0.15) is 0 Å². The summed E-state index contributed by atoms with van der Waals surface area (Å²) in [5, 5.41) is 0. The molecule has 2 aliphatic carbocycles. The van der Waals surface area contributed by atoms with Gasteiger partial charge in [0.1, 0.15) is 6.54 Å². The summed E-state index contributed by atoms with van der Waals surface area (Å²) in [7, 11) is 0. The molecule has 3 aliphatic rings. The van der Waals surface area contributed by atoms with E-state index >= 15 is 0 Å². The van der Waals surface area contributed by atoms with Crippen molar-refractivity contribution in [2.45, 2.75) is 18.8 Å². The average Bonchev–Trinajstić information content (AvgIpc) is 3.46. The molecule has 5 rings (SSSR count). The third-order valence-corrected chi connectivity index (χ3v) is 7.68. The van der Waals surface area contributed by atoms with Crippen LogP contribution in [0.3, 0.4) is 0 Å². The van der Waals surface area contributed by atoms with Gasteiger partial charge in [0.2, 0.25) is 11.8 Å². The van der Waals surface area contributed by atoms with E-state index in [-0.39, 0.29) is 47.2 Å². The zero-order chi connectivity index (χ0) is 22.4. The molecule has 2 amide bonds. The lowest BCUT2D eigenvalue weighted by Gasteiger charge is -2.28. The SMILES string of the molecule is O=C(CN1C(=O)[C@@H]2[C@@H]3C[C@@H]([C@H]2C1=O)[C@H](c1ccccc1)C3)OCC(=O)c1ccc(Br)cc1. The van der Waals surface area contributed by atoms with Crippen LogP contribution < -0.4 is 0 Å². The fourth-order valence-corrected chi connectivity index (χ4v) is 6.06. The van der Waals surface area contributed by atoms with Gasteiger partial charge < -0.3 is 4.74 Å². The van der Waals surface area contributed by atoms with Gasteiger partial charge in [0, 0.05) is 10.0 Å². The van der Waals surface area contributed by atoms with Gasteiger partial charge in [0.15, 0.2) is 12.4 Å². The maximum absolute atomic E-state index is 13.1. The van der Waals surface area contributed by atoms with E-state index in [0.717, 1.165) is 22.2 Å². The molecule has 0 radical (unpaired) electrons. The molecule has 5 atom stereocenters. The van der Waals surface area contributed by atoms with Crippen molar-refractivity contribution >= 4 is 39.5 Å². The molecule has 0 N–H and O–H groups in total. The maximum atomic E-state index is 13.1. The quantitative estimate of drug-likeness (QED) is 0.347. The van der Waals surface area contributed by atoms with Crippen molar-refractivity contribution < 1.29 is 23.9 Å². The summed E-state index contributed by atoms with van der Waals surface area (Å²) in [5.41, 5.74) is 1.63. The van der Waals surface area contributed by atoms with E-state index in [1.807, 2.05) is 18.2 Å². The number of hydrogen-bond acceptors (Lipinski definition) is 5. The first-order chi connectivity index (χ1) is 15.4. The Hall–Kier alpha value is -2.80. The van der Waals surface area contributed by atoms with E-state index in [1.165, 1.54) is 5.56 Å². The number of halogens is 1. The molecular formula is C25H22BrNO5. The lowest BCUT2D eigenvalue weighted by atomic mass is 9.73. The Morgan fingerprint density at radius 3 is 2.34 bits per heavy atom. The number of fused-ring (bicyclic) bond motifs is 5. The topological polar surface area (TPSA) is 80.8 Å². The van der Waals surface area contributed by atoms with Crippen molar-refractivity contribution in [3.8, 4) is 0 Å². The molecule has 1 aliphatic heterocycles. The zero-order valence-corrected chi connectivity index (χ0v) is 18.9.